The van der Waals surface area contributed by atoms with E-state index in [0.717, 1.165) is 16.1 Å². The smallest absolute Gasteiger partial charge is 0.363 e. The molecule has 0 aliphatic rings. The van der Waals surface area contributed by atoms with Crippen LogP contribution >= 0.6 is 11.3 Å². The van der Waals surface area contributed by atoms with Gasteiger partial charge in [0, 0.05) is 10.9 Å². The summed E-state index contributed by atoms with van der Waals surface area (Å²) < 4.78 is 5.39. The van der Waals surface area contributed by atoms with E-state index < -0.39 is 5.97 Å². The highest BCUT2D eigenvalue weighted by Gasteiger charge is 2.14. The zero-order valence-electron chi connectivity index (χ0n) is 12.4. The summed E-state index contributed by atoms with van der Waals surface area (Å²) in [7, 11) is 0. The van der Waals surface area contributed by atoms with Gasteiger partial charge in [0.25, 0.3) is 0 Å². The first-order valence-corrected chi connectivity index (χ1v) is 7.82. The molecule has 1 heterocycles. The van der Waals surface area contributed by atoms with Crippen LogP contribution in [0.3, 0.4) is 0 Å². The Hall–Kier alpha value is -2.46. The molecule has 110 valence electrons. The highest BCUT2D eigenvalue weighted by atomic mass is 32.1. The number of thiazole rings is 1. The van der Waals surface area contributed by atoms with Crippen molar-refractivity contribution in [2.24, 2.45) is 0 Å². The van der Waals surface area contributed by atoms with Crippen LogP contribution in [0.1, 0.15) is 21.6 Å². The molecule has 3 rings (SSSR count). The topological polar surface area (TPSA) is 39.2 Å². The number of hydrogen-bond acceptors (Lipinski definition) is 4. The van der Waals surface area contributed by atoms with Gasteiger partial charge in [-0.05, 0) is 37.1 Å². The van der Waals surface area contributed by atoms with Gasteiger partial charge >= 0.3 is 5.97 Å². The number of rotatable bonds is 3. The lowest BCUT2D eigenvalue weighted by Crippen LogP contribution is -2.09. The van der Waals surface area contributed by atoms with Crippen LogP contribution in [0.15, 0.2) is 53.9 Å². The predicted molar refractivity (Wildman–Crippen MR) is 88.4 cm³/mol. The maximum atomic E-state index is 12.2. The fraction of sp³-hybridized carbons (Fsp3) is 0.111. The number of carbonyl (C=O) groups is 1. The summed E-state index contributed by atoms with van der Waals surface area (Å²) in [5.74, 6) is 0.115. The van der Waals surface area contributed by atoms with Crippen molar-refractivity contribution >= 4 is 17.3 Å². The lowest BCUT2D eigenvalue weighted by Gasteiger charge is -2.05. The zero-order chi connectivity index (χ0) is 15.5. The van der Waals surface area contributed by atoms with Crippen molar-refractivity contribution in [3.05, 3.63) is 70.7 Å². The van der Waals surface area contributed by atoms with E-state index in [1.54, 1.807) is 11.4 Å². The number of aromatic nitrogens is 1. The Bertz CT molecular complexity index is 809. The first-order chi connectivity index (χ1) is 10.6. The van der Waals surface area contributed by atoms with Crippen LogP contribution in [0.5, 0.6) is 5.75 Å². The highest BCUT2D eigenvalue weighted by Crippen LogP contribution is 2.24. The lowest BCUT2D eigenvalue weighted by atomic mass is 10.1. The van der Waals surface area contributed by atoms with Crippen LogP contribution in [0.4, 0.5) is 0 Å². The number of ether oxygens (including phenoxy) is 1. The van der Waals surface area contributed by atoms with Crippen molar-refractivity contribution in [1.29, 1.82) is 0 Å². The third-order valence-corrected chi connectivity index (χ3v) is 4.31. The van der Waals surface area contributed by atoms with Crippen molar-refractivity contribution in [2.45, 2.75) is 13.8 Å². The monoisotopic (exact) mass is 309 g/mol. The van der Waals surface area contributed by atoms with Crippen LogP contribution in [0, 0.1) is 13.8 Å². The molecule has 0 bridgehead atoms. The third kappa shape index (κ3) is 3.07. The molecule has 2 aromatic carbocycles. The number of benzene rings is 2. The van der Waals surface area contributed by atoms with Gasteiger partial charge in [0.15, 0.2) is 5.69 Å². The predicted octanol–water partition coefficient (Wildman–Crippen LogP) is 4.65. The number of hydrogen-bond donors (Lipinski definition) is 0. The number of nitrogens with zero attached hydrogens (tertiary/aromatic N) is 1. The van der Waals surface area contributed by atoms with Gasteiger partial charge in [-0.1, -0.05) is 36.4 Å². The first kappa shape index (κ1) is 14.5. The molecule has 1 aromatic heterocycles. The van der Waals surface area contributed by atoms with E-state index in [2.05, 4.69) is 4.98 Å². The molecule has 0 radical (unpaired) electrons. The molecule has 22 heavy (non-hydrogen) atoms. The van der Waals surface area contributed by atoms with Crippen molar-refractivity contribution in [3.8, 4) is 16.3 Å². The Morgan fingerprint density at radius 3 is 2.55 bits per heavy atom. The summed E-state index contributed by atoms with van der Waals surface area (Å²) in [6.45, 7) is 4.01. The Labute approximate surface area is 133 Å². The van der Waals surface area contributed by atoms with Crippen LogP contribution in [0.2, 0.25) is 0 Å². The maximum absolute atomic E-state index is 12.2. The lowest BCUT2D eigenvalue weighted by molar-refractivity contribution is 0.0729. The highest BCUT2D eigenvalue weighted by molar-refractivity contribution is 7.13. The molecular formula is C18H15NO2S. The second-order valence-corrected chi connectivity index (χ2v) is 5.90. The van der Waals surface area contributed by atoms with Gasteiger partial charge in [0.1, 0.15) is 10.8 Å². The molecule has 0 unspecified atom stereocenters. The average molecular weight is 309 g/mol. The Kier molecular flexibility index (Phi) is 4.02. The summed E-state index contributed by atoms with van der Waals surface area (Å²) in [6.07, 6.45) is 0. The van der Waals surface area contributed by atoms with E-state index in [4.69, 9.17) is 4.74 Å². The van der Waals surface area contributed by atoms with E-state index in [9.17, 15) is 4.79 Å². The van der Waals surface area contributed by atoms with Gasteiger partial charge in [-0.25, -0.2) is 9.78 Å². The normalized spacial score (nSPS) is 10.5. The van der Waals surface area contributed by atoms with E-state index >= 15 is 0 Å². The summed E-state index contributed by atoms with van der Waals surface area (Å²) in [4.78, 5) is 16.5. The quantitative estimate of drug-likeness (QED) is 0.522. The second kappa shape index (κ2) is 6.12. The van der Waals surface area contributed by atoms with Crippen LogP contribution < -0.4 is 4.74 Å². The maximum Gasteiger partial charge on any atom is 0.363 e. The van der Waals surface area contributed by atoms with Crippen molar-refractivity contribution in [2.75, 3.05) is 0 Å². The minimum Gasteiger partial charge on any atom is -0.422 e. The van der Waals surface area contributed by atoms with E-state index in [1.165, 1.54) is 16.9 Å². The van der Waals surface area contributed by atoms with E-state index in [-0.39, 0.29) is 0 Å². The van der Waals surface area contributed by atoms with Crippen LogP contribution in [0.25, 0.3) is 10.6 Å². The van der Waals surface area contributed by atoms with Crippen molar-refractivity contribution in [3.63, 3.8) is 0 Å². The van der Waals surface area contributed by atoms with Gasteiger partial charge in [-0.3, -0.25) is 0 Å². The van der Waals surface area contributed by atoms with Gasteiger partial charge in [-0.2, -0.15) is 0 Å². The minimum atomic E-state index is -0.429. The molecule has 4 heteroatoms. The Morgan fingerprint density at radius 2 is 1.82 bits per heavy atom. The molecular weight excluding hydrogens is 294 g/mol. The minimum absolute atomic E-state index is 0.335. The summed E-state index contributed by atoms with van der Waals surface area (Å²) in [6, 6.07) is 15.4. The zero-order valence-corrected chi connectivity index (χ0v) is 13.2. The standard InChI is InChI=1S/C18H15NO2S/c1-12-8-9-15(10-13(12)2)21-18(20)16-11-22-17(19-16)14-6-4-3-5-7-14/h3-11H,1-2H3. The van der Waals surface area contributed by atoms with E-state index in [1.807, 2.05) is 56.3 Å². The third-order valence-electron chi connectivity index (χ3n) is 3.42. The fourth-order valence-electron chi connectivity index (χ4n) is 2.02. The van der Waals surface area contributed by atoms with Crippen molar-refractivity contribution in [1.82, 2.24) is 4.98 Å². The molecule has 0 saturated carbocycles. The van der Waals surface area contributed by atoms with E-state index in [0.29, 0.717) is 11.4 Å². The van der Waals surface area contributed by atoms with Gasteiger partial charge < -0.3 is 4.74 Å². The molecule has 0 atom stereocenters. The molecule has 0 aliphatic heterocycles. The molecule has 0 N–H and O–H groups in total. The molecule has 0 amide bonds. The molecule has 0 fully saturated rings. The SMILES string of the molecule is Cc1ccc(OC(=O)c2csc(-c3ccccc3)n2)cc1C. The number of carbonyl (C=O) groups excluding carboxylic acids is 1. The van der Waals surface area contributed by atoms with Crippen molar-refractivity contribution < 1.29 is 9.53 Å². The van der Waals surface area contributed by atoms with Gasteiger partial charge in [0.05, 0.1) is 0 Å². The van der Waals surface area contributed by atoms with Gasteiger partial charge in [-0.15, -0.1) is 11.3 Å². The van der Waals surface area contributed by atoms with Crippen LogP contribution in [-0.4, -0.2) is 11.0 Å². The Morgan fingerprint density at radius 1 is 1.05 bits per heavy atom. The first-order valence-electron chi connectivity index (χ1n) is 6.94. The largest absolute Gasteiger partial charge is 0.422 e. The summed E-state index contributed by atoms with van der Waals surface area (Å²) in [5, 5.41) is 2.54. The number of aryl methyl sites for hydroxylation is 2. The Balaban J connectivity index is 1.78. The summed E-state index contributed by atoms with van der Waals surface area (Å²) >= 11 is 1.44. The summed E-state index contributed by atoms with van der Waals surface area (Å²) in [5.41, 5.74) is 3.59. The van der Waals surface area contributed by atoms with Crippen LogP contribution in [-0.2, 0) is 0 Å². The fourth-order valence-corrected chi connectivity index (χ4v) is 2.81. The molecule has 0 aliphatic carbocycles. The number of esters is 1. The molecule has 3 aromatic rings. The molecule has 3 nitrogen and oxygen atoms in total. The molecule has 0 spiro atoms. The second-order valence-electron chi connectivity index (χ2n) is 5.04. The average Bonchev–Trinajstić information content (AvgIpc) is 3.02. The van der Waals surface area contributed by atoms with Gasteiger partial charge in [0.2, 0.25) is 0 Å². The molecule has 0 saturated heterocycles.